The normalized spacial score (nSPS) is 20.5. The monoisotopic (exact) mass is 289 g/mol. The standard InChI is InChI=1S/C16H23N3O2/c17-9-8-16(21)19-11-3-10-18(12-13-19)15(20)7-6-14-4-1-2-5-14/h6-7,14H,1-5,8,10-13H2/b7-6+. The third-order valence-corrected chi connectivity index (χ3v) is 4.30. The molecule has 1 saturated heterocycles. The van der Waals surface area contributed by atoms with E-state index in [1.165, 1.54) is 25.7 Å². The molecular weight excluding hydrogens is 266 g/mol. The van der Waals surface area contributed by atoms with Crippen molar-refractivity contribution in [1.82, 2.24) is 9.80 Å². The number of allylic oxidation sites excluding steroid dienone is 1. The Labute approximate surface area is 126 Å². The molecule has 1 heterocycles. The van der Waals surface area contributed by atoms with Crippen LogP contribution in [0, 0.1) is 17.2 Å². The van der Waals surface area contributed by atoms with Crippen molar-refractivity contribution < 1.29 is 9.59 Å². The van der Waals surface area contributed by atoms with Gasteiger partial charge in [0.15, 0.2) is 0 Å². The van der Waals surface area contributed by atoms with Gasteiger partial charge in [0.2, 0.25) is 11.8 Å². The van der Waals surface area contributed by atoms with Crippen LogP contribution in [0.5, 0.6) is 0 Å². The lowest BCUT2D eigenvalue weighted by molar-refractivity contribution is -0.131. The lowest BCUT2D eigenvalue weighted by Crippen LogP contribution is -2.36. The largest absolute Gasteiger partial charge is 0.340 e. The highest BCUT2D eigenvalue weighted by Crippen LogP contribution is 2.25. The minimum absolute atomic E-state index is 0.0523. The molecule has 0 spiro atoms. The van der Waals surface area contributed by atoms with Crippen molar-refractivity contribution in [3.63, 3.8) is 0 Å². The van der Waals surface area contributed by atoms with Crippen LogP contribution in [0.1, 0.15) is 38.5 Å². The van der Waals surface area contributed by atoms with Crippen LogP contribution in [0.15, 0.2) is 12.2 Å². The van der Waals surface area contributed by atoms with E-state index in [1.807, 2.05) is 11.0 Å². The van der Waals surface area contributed by atoms with Crippen LogP contribution in [0.2, 0.25) is 0 Å². The third-order valence-electron chi connectivity index (χ3n) is 4.30. The Hall–Kier alpha value is -1.83. The molecule has 1 saturated carbocycles. The first kappa shape index (κ1) is 15.6. The minimum atomic E-state index is -0.131. The summed E-state index contributed by atoms with van der Waals surface area (Å²) in [5, 5.41) is 8.58. The van der Waals surface area contributed by atoms with Crippen molar-refractivity contribution in [3.05, 3.63) is 12.2 Å². The lowest BCUT2D eigenvalue weighted by atomic mass is 10.1. The fraction of sp³-hybridized carbons (Fsp3) is 0.688. The van der Waals surface area contributed by atoms with Crippen LogP contribution < -0.4 is 0 Å². The van der Waals surface area contributed by atoms with Crippen LogP contribution >= 0.6 is 0 Å². The molecule has 0 aromatic carbocycles. The van der Waals surface area contributed by atoms with Crippen molar-refractivity contribution in [1.29, 1.82) is 5.26 Å². The molecular formula is C16H23N3O2. The Bertz CT molecular complexity index is 447. The van der Waals surface area contributed by atoms with Crippen molar-refractivity contribution >= 4 is 11.8 Å². The number of carbonyl (C=O) groups is 2. The van der Waals surface area contributed by atoms with Crippen LogP contribution in [-0.2, 0) is 9.59 Å². The summed E-state index contributed by atoms with van der Waals surface area (Å²) in [6.45, 7) is 2.41. The molecule has 1 aliphatic carbocycles. The molecule has 0 bridgehead atoms. The maximum atomic E-state index is 12.2. The molecule has 0 aromatic heterocycles. The van der Waals surface area contributed by atoms with Gasteiger partial charge in [-0.05, 0) is 31.3 Å². The number of nitriles is 1. The zero-order valence-electron chi connectivity index (χ0n) is 12.5. The van der Waals surface area contributed by atoms with E-state index in [-0.39, 0.29) is 18.2 Å². The summed E-state index contributed by atoms with van der Waals surface area (Å²) in [4.78, 5) is 27.4. The molecule has 2 rings (SSSR count). The first-order valence-electron chi connectivity index (χ1n) is 7.82. The van der Waals surface area contributed by atoms with Gasteiger partial charge in [-0.2, -0.15) is 5.26 Å². The predicted octanol–water partition coefficient (Wildman–Crippen LogP) is 1.71. The summed E-state index contributed by atoms with van der Waals surface area (Å²) in [5.74, 6) is 0.486. The van der Waals surface area contributed by atoms with E-state index in [0.717, 1.165) is 6.42 Å². The lowest BCUT2D eigenvalue weighted by Gasteiger charge is -2.20. The molecule has 0 aromatic rings. The average Bonchev–Trinajstić information content (AvgIpc) is 2.87. The molecule has 2 amide bonds. The SMILES string of the molecule is N#CCC(=O)N1CCCN(C(=O)/C=C/C2CCCC2)CC1. The summed E-state index contributed by atoms with van der Waals surface area (Å²) in [5.41, 5.74) is 0. The van der Waals surface area contributed by atoms with Gasteiger partial charge in [-0.1, -0.05) is 18.9 Å². The molecule has 0 unspecified atom stereocenters. The Morgan fingerprint density at radius 3 is 2.43 bits per heavy atom. The van der Waals surface area contributed by atoms with Gasteiger partial charge >= 0.3 is 0 Å². The third kappa shape index (κ3) is 4.59. The summed E-state index contributed by atoms with van der Waals surface area (Å²) >= 11 is 0. The molecule has 2 aliphatic rings. The molecule has 5 heteroatoms. The van der Waals surface area contributed by atoms with Gasteiger partial charge in [-0.15, -0.1) is 0 Å². The molecule has 1 aliphatic heterocycles. The fourth-order valence-electron chi connectivity index (χ4n) is 3.04. The van der Waals surface area contributed by atoms with Crippen molar-refractivity contribution in [2.24, 2.45) is 5.92 Å². The maximum Gasteiger partial charge on any atom is 0.246 e. The van der Waals surface area contributed by atoms with Gasteiger partial charge in [-0.25, -0.2) is 0 Å². The fourth-order valence-corrected chi connectivity index (χ4v) is 3.04. The van der Waals surface area contributed by atoms with Crippen LogP contribution in [0.4, 0.5) is 0 Å². The van der Waals surface area contributed by atoms with E-state index in [0.29, 0.717) is 32.1 Å². The molecule has 5 nitrogen and oxygen atoms in total. The smallest absolute Gasteiger partial charge is 0.246 e. The van der Waals surface area contributed by atoms with Crippen LogP contribution in [-0.4, -0.2) is 47.8 Å². The zero-order chi connectivity index (χ0) is 15.1. The Balaban J connectivity index is 1.83. The highest BCUT2D eigenvalue weighted by Gasteiger charge is 2.21. The zero-order valence-corrected chi connectivity index (χ0v) is 12.5. The highest BCUT2D eigenvalue weighted by molar-refractivity contribution is 5.87. The van der Waals surface area contributed by atoms with Crippen LogP contribution in [0.3, 0.4) is 0 Å². The predicted molar refractivity (Wildman–Crippen MR) is 79.1 cm³/mol. The van der Waals surface area contributed by atoms with Gasteiger partial charge in [0.25, 0.3) is 0 Å². The summed E-state index contributed by atoms with van der Waals surface area (Å²) in [6, 6.07) is 1.89. The van der Waals surface area contributed by atoms with E-state index in [9.17, 15) is 9.59 Å². The maximum absolute atomic E-state index is 12.2. The van der Waals surface area contributed by atoms with Gasteiger partial charge in [0.05, 0.1) is 6.07 Å². The summed E-state index contributed by atoms with van der Waals surface area (Å²) in [7, 11) is 0. The number of rotatable bonds is 3. The van der Waals surface area contributed by atoms with Gasteiger partial charge in [-0.3, -0.25) is 9.59 Å². The van der Waals surface area contributed by atoms with Gasteiger partial charge < -0.3 is 9.80 Å². The van der Waals surface area contributed by atoms with Gasteiger partial charge in [0.1, 0.15) is 6.42 Å². The number of amides is 2. The van der Waals surface area contributed by atoms with Crippen molar-refractivity contribution in [2.75, 3.05) is 26.2 Å². The molecule has 2 fully saturated rings. The average molecular weight is 289 g/mol. The first-order chi connectivity index (χ1) is 10.2. The summed E-state index contributed by atoms with van der Waals surface area (Å²) < 4.78 is 0. The molecule has 0 atom stereocenters. The Kier molecular flexibility index (Phi) is 5.79. The topological polar surface area (TPSA) is 64.4 Å². The quantitative estimate of drug-likeness (QED) is 0.743. The van der Waals surface area contributed by atoms with E-state index < -0.39 is 0 Å². The number of carbonyl (C=O) groups excluding carboxylic acids is 2. The number of hydrogen-bond acceptors (Lipinski definition) is 3. The number of hydrogen-bond donors (Lipinski definition) is 0. The minimum Gasteiger partial charge on any atom is -0.340 e. The first-order valence-corrected chi connectivity index (χ1v) is 7.82. The number of nitrogens with zero attached hydrogens (tertiary/aromatic N) is 3. The highest BCUT2D eigenvalue weighted by atomic mass is 16.2. The molecule has 0 radical (unpaired) electrons. The van der Waals surface area contributed by atoms with Crippen molar-refractivity contribution in [3.8, 4) is 6.07 Å². The van der Waals surface area contributed by atoms with E-state index in [2.05, 4.69) is 6.08 Å². The molecule has 21 heavy (non-hydrogen) atoms. The van der Waals surface area contributed by atoms with Crippen molar-refractivity contribution in [2.45, 2.75) is 38.5 Å². The van der Waals surface area contributed by atoms with Gasteiger partial charge in [0, 0.05) is 26.2 Å². The van der Waals surface area contributed by atoms with Crippen LogP contribution in [0.25, 0.3) is 0 Å². The second kappa shape index (κ2) is 7.82. The summed E-state index contributed by atoms with van der Waals surface area (Å²) in [6.07, 6.45) is 9.39. The Morgan fingerprint density at radius 1 is 1.05 bits per heavy atom. The van der Waals surface area contributed by atoms with E-state index in [4.69, 9.17) is 5.26 Å². The molecule has 114 valence electrons. The van der Waals surface area contributed by atoms with E-state index in [1.54, 1.807) is 11.0 Å². The Morgan fingerprint density at radius 2 is 1.71 bits per heavy atom. The van der Waals surface area contributed by atoms with E-state index >= 15 is 0 Å². The second-order valence-corrected chi connectivity index (χ2v) is 5.80. The second-order valence-electron chi connectivity index (χ2n) is 5.80. The molecule has 0 N–H and O–H groups in total.